The summed E-state index contributed by atoms with van der Waals surface area (Å²) in [6.45, 7) is 4.94. The van der Waals surface area contributed by atoms with Gasteiger partial charge in [-0.3, -0.25) is 4.79 Å². The maximum Gasteiger partial charge on any atom is 0.155 e. The molecule has 2 aromatic carbocycles. The molecule has 1 radical (unpaired) electrons. The van der Waals surface area contributed by atoms with Crippen LogP contribution in [0.3, 0.4) is 0 Å². The molecule has 0 fully saturated rings. The second-order valence-corrected chi connectivity index (χ2v) is 5.51. The number of ketones is 1. The molecule has 0 saturated heterocycles. The number of rotatable bonds is 2. The number of nitrogens with zero attached hydrogens (tertiary/aromatic N) is 1. The van der Waals surface area contributed by atoms with Crippen molar-refractivity contribution in [3.8, 4) is 11.3 Å². The molecule has 25 heavy (non-hydrogen) atoms. The molecule has 0 spiro atoms. The molecule has 3 aromatic rings. The number of benzene rings is 2. The van der Waals surface area contributed by atoms with E-state index in [1.165, 1.54) is 36.3 Å². The molecule has 0 aliphatic rings. The summed E-state index contributed by atoms with van der Waals surface area (Å²) in [6, 6.07) is 19.6. The second-order valence-electron chi connectivity index (χ2n) is 5.51. The Kier molecular flexibility index (Phi) is 8.20. The number of aromatic nitrogens is 1. The minimum absolute atomic E-state index is 0. The summed E-state index contributed by atoms with van der Waals surface area (Å²) in [4.78, 5) is 14.6. The number of aryl methyl sites for hydroxylation is 1. The fourth-order valence-electron chi connectivity index (χ4n) is 2.38. The van der Waals surface area contributed by atoms with Gasteiger partial charge >= 0.3 is 0 Å². The largest absolute Gasteiger partial charge is 0.512 e. The van der Waals surface area contributed by atoms with Crippen molar-refractivity contribution in [1.82, 2.24) is 4.98 Å². The molecule has 131 valence electrons. The van der Waals surface area contributed by atoms with E-state index in [4.69, 9.17) is 5.11 Å². The Bertz CT molecular complexity index is 869. The molecule has 1 N–H and O–H groups in total. The van der Waals surface area contributed by atoms with Gasteiger partial charge in [-0.25, -0.2) is 0 Å². The Balaban J connectivity index is 0.000000339. The van der Waals surface area contributed by atoms with Gasteiger partial charge in [-0.05, 0) is 42.8 Å². The fourth-order valence-corrected chi connectivity index (χ4v) is 2.38. The van der Waals surface area contributed by atoms with E-state index >= 15 is 0 Å². The molecule has 0 aliphatic carbocycles. The number of fused-ring (bicyclic) bond motifs is 1. The number of pyridine rings is 1. The van der Waals surface area contributed by atoms with Crippen LogP contribution in [0.1, 0.15) is 19.4 Å². The van der Waals surface area contributed by atoms with Gasteiger partial charge in [-0.1, -0.05) is 24.3 Å². The van der Waals surface area contributed by atoms with Crippen LogP contribution in [0.15, 0.2) is 66.6 Å². The van der Waals surface area contributed by atoms with Crippen molar-refractivity contribution in [3.63, 3.8) is 0 Å². The maximum absolute atomic E-state index is 10.0. The summed E-state index contributed by atoms with van der Waals surface area (Å²) in [5, 5.41) is 10.8. The van der Waals surface area contributed by atoms with E-state index < -0.39 is 0 Å². The normalized spacial score (nSPS) is 10.4. The van der Waals surface area contributed by atoms with Crippen LogP contribution in [0, 0.1) is 13.0 Å². The van der Waals surface area contributed by atoms with Crippen molar-refractivity contribution in [2.24, 2.45) is 0 Å². The molecule has 4 heteroatoms. The van der Waals surface area contributed by atoms with Gasteiger partial charge < -0.3 is 10.1 Å². The molecule has 0 unspecified atom stereocenters. The molecule has 0 saturated carbocycles. The molecular weight excluding hydrogens is 490 g/mol. The minimum Gasteiger partial charge on any atom is -0.512 e. The Morgan fingerprint density at radius 2 is 1.72 bits per heavy atom. The number of allylic oxidation sites excluding steroid dienone is 2. The van der Waals surface area contributed by atoms with E-state index in [1.54, 1.807) is 0 Å². The molecule has 0 atom stereocenters. The van der Waals surface area contributed by atoms with Crippen LogP contribution in [0.2, 0.25) is 0 Å². The molecule has 0 aliphatic heterocycles. The van der Waals surface area contributed by atoms with E-state index in [2.05, 4.69) is 42.2 Å². The number of hydrogen-bond acceptors (Lipinski definition) is 3. The summed E-state index contributed by atoms with van der Waals surface area (Å²) < 4.78 is 0. The number of carbonyl (C=O) groups excluding carboxylic acids is 1. The average molecular weight is 511 g/mol. The number of hydrogen-bond donors (Lipinski definition) is 1. The number of aliphatic hydroxyl groups excluding tert-OH is 1. The Hall–Kier alpha value is -2.29. The summed E-state index contributed by atoms with van der Waals surface area (Å²) >= 11 is 0. The van der Waals surface area contributed by atoms with Gasteiger partial charge in [0.25, 0.3) is 0 Å². The zero-order valence-corrected chi connectivity index (χ0v) is 16.8. The second kappa shape index (κ2) is 9.87. The van der Waals surface area contributed by atoms with Crippen LogP contribution in [-0.4, -0.2) is 15.9 Å². The molecule has 1 aromatic heterocycles. The van der Waals surface area contributed by atoms with E-state index in [0.717, 1.165) is 11.3 Å². The van der Waals surface area contributed by atoms with Crippen LogP contribution in [-0.2, 0) is 24.9 Å². The number of carbonyl (C=O) groups is 1. The standard InChI is InChI=1S/C16H12N.C5H8O2.Ir/c1-12-11-17-16(13-7-3-2-4-8-13)15-10-6-5-9-14(12)15;1-4(6)3-5(2)7;/h2-7,9-11H,1H3;3,6H,1-2H3;/q-1;;/b;4-3-;. The smallest absolute Gasteiger partial charge is 0.155 e. The fraction of sp³-hybridized carbons (Fsp3) is 0.143. The van der Waals surface area contributed by atoms with Crippen molar-refractivity contribution < 1.29 is 30.0 Å². The van der Waals surface area contributed by atoms with Crippen LogP contribution in [0.25, 0.3) is 22.0 Å². The quantitative estimate of drug-likeness (QED) is 0.298. The van der Waals surface area contributed by atoms with Crippen molar-refractivity contribution in [3.05, 3.63) is 78.2 Å². The summed E-state index contributed by atoms with van der Waals surface area (Å²) in [6.07, 6.45) is 3.10. The van der Waals surface area contributed by atoms with Gasteiger partial charge in [0, 0.05) is 32.4 Å². The Morgan fingerprint density at radius 3 is 2.24 bits per heavy atom. The topological polar surface area (TPSA) is 50.2 Å². The van der Waals surface area contributed by atoms with Gasteiger partial charge in [-0.15, -0.1) is 35.9 Å². The first-order valence-corrected chi connectivity index (χ1v) is 7.68. The van der Waals surface area contributed by atoms with Crippen LogP contribution >= 0.6 is 0 Å². The SMILES string of the molecule is CC(=O)/C=C(/C)O.Cc1cnc(-c2[c-]cccc2)c2ccccc12.[Ir]. The van der Waals surface area contributed by atoms with Gasteiger partial charge in [0.1, 0.15) is 0 Å². The van der Waals surface area contributed by atoms with Gasteiger partial charge in [0.2, 0.25) is 0 Å². The summed E-state index contributed by atoms with van der Waals surface area (Å²) in [5.41, 5.74) is 3.26. The Morgan fingerprint density at radius 1 is 1.08 bits per heavy atom. The van der Waals surface area contributed by atoms with E-state index in [1.807, 2.05) is 30.5 Å². The van der Waals surface area contributed by atoms with Gasteiger partial charge in [0.05, 0.1) is 5.76 Å². The van der Waals surface area contributed by atoms with E-state index in [-0.39, 0.29) is 31.6 Å². The zero-order chi connectivity index (χ0) is 17.5. The summed E-state index contributed by atoms with van der Waals surface area (Å²) in [5.74, 6) is -0.0625. The minimum atomic E-state index is -0.125. The van der Waals surface area contributed by atoms with Crippen molar-refractivity contribution in [2.45, 2.75) is 20.8 Å². The third-order valence-electron chi connectivity index (χ3n) is 3.37. The molecule has 3 nitrogen and oxygen atoms in total. The van der Waals surface area contributed by atoms with Crippen molar-refractivity contribution >= 4 is 16.6 Å². The van der Waals surface area contributed by atoms with E-state index in [0.29, 0.717) is 0 Å². The van der Waals surface area contributed by atoms with Gasteiger partial charge in [-0.2, -0.15) is 0 Å². The van der Waals surface area contributed by atoms with Crippen LogP contribution < -0.4 is 0 Å². The summed E-state index contributed by atoms with van der Waals surface area (Å²) in [7, 11) is 0. The third kappa shape index (κ3) is 5.93. The van der Waals surface area contributed by atoms with Crippen LogP contribution in [0.5, 0.6) is 0 Å². The molecule has 1 heterocycles. The average Bonchev–Trinajstić information content (AvgIpc) is 2.56. The molecule has 0 amide bonds. The van der Waals surface area contributed by atoms with Gasteiger partial charge in [0.15, 0.2) is 5.78 Å². The molecule has 0 bridgehead atoms. The first-order valence-electron chi connectivity index (χ1n) is 7.68. The maximum atomic E-state index is 10.0. The van der Waals surface area contributed by atoms with E-state index in [9.17, 15) is 4.79 Å². The predicted octanol–water partition coefficient (Wildman–Crippen LogP) is 5.05. The monoisotopic (exact) mass is 511 g/mol. The predicted molar refractivity (Wildman–Crippen MR) is 97.8 cm³/mol. The Labute approximate surface area is 161 Å². The number of aliphatic hydroxyl groups is 1. The zero-order valence-electron chi connectivity index (χ0n) is 14.4. The molecule has 3 rings (SSSR count). The molecular formula is C21H20IrNO2-. The first kappa shape index (κ1) is 20.8. The third-order valence-corrected chi connectivity index (χ3v) is 3.37. The van der Waals surface area contributed by atoms with Crippen LogP contribution in [0.4, 0.5) is 0 Å². The van der Waals surface area contributed by atoms with Crippen molar-refractivity contribution in [1.29, 1.82) is 0 Å². The van der Waals surface area contributed by atoms with Crippen molar-refractivity contribution in [2.75, 3.05) is 0 Å². The first-order chi connectivity index (χ1) is 11.5.